The number of urea groups is 1. The third kappa shape index (κ3) is 4.00. The van der Waals surface area contributed by atoms with Gasteiger partial charge in [-0.2, -0.15) is 5.26 Å². The van der Waals surface area contributed by atoms with Gasteiger partial charge < -0.3 is 15.3 Å². The van der Waals surface area contributed by atoms with Crippen LogP contribution in [0.4, 0.5) is 10.5 Å². The Balaban J connectivity index is 2.86. The number of benzene rings is 1. The topological polar surface area (TPSA) is 93.4 Å². The van der Waals surface area contributed by atoms with Crippen molar-refractivity contribution < 1.29 is 14.7 Å². The van der Waals surface area contributed by atoms with Gasteiger partial charge in [0.1, 0.15) is 6.54 Å². The molecule has 100 valence electrons. The van der Waals surface area contributed by atoms with Crippen LogP contribution in [0.5, 0.6) is 0 Å². The Bertz CT molecular complexity index is 534. The minimum atomic E-state index is -1.07. The monoisotopic (exact) mass is 261 g/mol. The van der Waals surface area contributed by atoms with Crippen LogP contribution in [0, 0.1) is 18.3 Å². The molecule has 1 rings (SSSR count). The lowest BCUT2D eigenvalue weighted by atomic mass is 10.1. The first-order valence-electron chi connectivity index (χ1n) is 5.76. The number of nitrogens with one attached hydrogen (secondary N) is 1. The summed E-state index contributed by atoms with van der Waals surface area (Å²) in [4.78, 5) is 23.7. The van der Waals surface area contributed by atoms with Crippen molar-refractivity contribution in [3.8, 4) is 6.07 Å². The highest BCUT2D eigenvalue weighted by atomic mass is 16.4. The van der Waals surface area contributed by atoms with E-state index in [0.29, 0.717) is 11.3 Å². The summed E-state index contributed by atoms with van der Waals surface area (Å²) in [5.74, 6) is -1.07. The van der Waals surface area contributed by atoms with Crippen LogP contribution in [0.25, 0.3) is 0 Å². The van der Waals surface area contributed by atoms with Crippen molar-refractivity contribution in [3.63, 3.8) is 0 Å². The van der Waals surface area contributed by atoms with E-state index in [1.165, 1.54) is 4.90 Å². The number of carbonyl (C=O) groups excluding carboxylic acids is 1. The van der Waals surface area contributed by atoms with Crippen molar-refractivity contribution in [2.75, 3.05) is 18.4 Å². The summed E-state index contributed by atoms with van der Waals surface area (Å²) in [7, 11) is 0. The lowest BCUT2D eigenvalue weighted by molar-refractivity contribution is -0.137. The number of aryl methyl sites for hydroxylation is 1. The number of aliphatic carboxylic acids is 1. The number of anilines is 1. The van der Waals surface area contributed by atoms with Crippen LogP contribution >= 0.6 is 0 Å². The van der Waals surface area contributed by atoms with Crippen molar-refractivity contribution in [1.82, 2.24) is 4.90 Å². The smallest absolute Gasteiger partial charge is 0.323 e. The molecule has 0 fully saturated rings. The quantitative estimate of drug-likeness (QED) is 0.864. The van der Waals surface area contributed by atoms with Gasteiger partial charge in [0.2, 0.25) is 0 Å². The molecule has 0 unspecified atom stereocenters. The molecule has 1 aromatic rings. The summed E-state index contributed by atoms with van der Waals surface area (Å²) in [5, 5.41) is 20.1. The van der Waals surface area contributed by atoms with Crippen molar-refractivity contribution in [2.45, 2.75) is 13.8 Å². The van der Waals surface area contributed by atoms with Crippen LogP contribution in [-0.2, 0) is 4.79 Å². The summed E-state index contributed by atoms with van der Waals surface area (Å²) >= 11 is 0. The average molecular weight is 261 g/mol. The number of carboxylic acids is 1. The number of hydrogen-bond acceptors (Lipinski definition) is 3. The standard InChI is InChI=1S/C13H15N3O3/c1-3-16(8-12(17)18)13(19)15-11-6-10(7-14)5-4-9(11)2/h4-6H,3,8H2,1-2H3,(H,15,19)(H,17,18). The lowest BCUT2D eigenvalue weighted by Crippen LogP contribution is -2.38. The van der Waals surface area contributed by atoms with Crippen LogP contribution in [-0.4, -0.2) is 35.1 Å². The fraction of sp³-hybridized carbons (Fsp3) is 0.308. The Hall–Kier alpha value is -2.55. The van der Waals surface area contributed by atoms with Gasteiger partial charge in [0.15, 0.2) is 0 Å². The zero-order valence-electron chi connectivity index (χ0n) is 10.8. The highest BCUT2D eigenvalue weighted by Crippen LogP contribution is 2.17. The van der Waals surface area contributed by atoms with E-state index in [9.17, 15) is 9.59 Å². The molecule has 6 heteroatoms. The number of nitrogens with zero attached hydrogens (tertiary/aromatic N) is 2. The largest absolute Gasteiger partial charge is 0.480 e. The Morgan fingerprint density at radius 2 is 2.16 bits per heavy atom. The van der Waals surface area contributed by atoms with Crippen LogP contribution in [0.15, 0.2) is 18.2 Å². The second kappa shape index (κ2) is 6.40. The molecule has 0 heterocycles. The third-order valence-electron chi connectivity index (χ3n) is 2.60. The van der Waals surface area contributed by atoms with Gasteiger partial charge in [0.25, 0.3) is 0 Å². The molecule has 2 N–H and O–H groups in total. The molecule has 0 aromatic heterocycles. The predicted molar refractivity (Wildman–Crippen MR) is 69.8 cm³/mol. The summed E-state index contributed by atoms with van der Waals surface area (Å²) in [6, 6.07) is 6.42. The molecule has 0 aliphatic rings. The molecule has 0 aliphatic heterocycles. The summed E-state index contributed by atoms with van der Waals surface area (Å²) in [6.07, 6.45) is 0. The molecule has 0 saturated carbocycles. The predicted octanol–water partition coefficient (Wildman–Crippen LogP) is 1.81. The minimum absolute atomic E-state index is 0.287. The summed E-state index contributed by atoms with van der Waals surface area (Å²) in [6.45, 7) is 3.42. The number of carboxylic acid groups (broad SMARTS) is 1. The maximum Gasteiger partial charge on any atom is 0.323 e. The molecular weight excluding hydrogens is 246 g/mol. The highest BCUT2D eigenvalue weighted by molar-refractivity contribution is 5.92. The molecule has 0 atom stereocenters. The van der Waals surface area contributed by atoms with Gasteiger partial charge in [0.05, 0.1) is 11.6 Å². The highest BCUT2D eigenvalue weighted by Gasteiger charge is 2.15. The van der Waals surface area contributed by atoms with Crippen LogP contribution in [0.3, 0.4) is 0 Å². The Labute approximate surface area is 111 Å². The second-order valence-corrected chi connectivity index (χ2v) is 3.98. The zero-order valence-corrected chi connectivity index (χ0v) is 10.8. The Morgan fingerprint density at radius 3 is 2.68 bits per heavy atom. The molecule has 0 radical (unpaired) electrons. The fourth-order valence-corrected chi connectivity index (χ4v) is 1.51. The maximum atomic E-state index is 11.9. The van der Waals surface area contributed by atoms with Gasteiger partial charge in [-0.15, -0.1) is 0 Å². The molecule has 1 aromatic carbocycles. The first kappa shape index (κ1) is 14.5. The van der Waals surface area contributed by atoms with E-state index < -0.39 is 12.0 Å². The Morgan fingerprint density at radius 1 is 1.47 bits per heavy atom. The average Bonchev–Trinajstić information content (AvgIpc) is 2.38. The number of carbonyl (C=O) groups is 2. The van der Waals surface area contributed by atoms with E-state index in [1.807, 2.05) is 6.07 Å². The van der Waals surface area contributed by atoms with Gasteiger partial charge in [-0.1, -0.05) is 6.07 Å². The van der Waals surface area contributed by atoms with Crippen LogP contribution < -0.4 is 5.32 Å². The molecule has 0 spiro atoms. The van der Waals surface area contributed by atoms with Gasteiger partial charge in [-0.25, -0.2) is 4.79 Å². The number of hydrogen-bond donors (Lipinski definition) is 2. The molecule has 0 aliphatic carbocycles. The van der Waals surface area contributed by atoms with Crippen molar-refractivity contribution in [3.05, 3.63) is 29.3 Å². The van der Waals surface area contributed by atoms with E-state index >= 15 is 0 Å². The minimum Gasteiger partial charge on any atom is -0.480 e. The number of amides is 2. The van der Waals surface area contributed by atoms with E-state index in [1.54, 1.807) is 32.0 Å². The van der Waals surface area contributed by atoms with Crippen LogP contribution in [0.1, 0.15) is 18.1 Å². The van der Waals surface area contributed by atoms with Crippen molar-refractivity contribution in [2.24, 2.45) is 0 Å². The summed E-state index contributed by atoms with van der Waals surface area (Å²) < 4.78 is 0. The number of likely N-dealkylation sites (N-methyl/N-ethyl adjacent to an activating group) is 1. The van der Waals surface area contributed by atoms with E-state index in [2.05, 4.69) is 5.32 Å². The Kier molecular flexibility index (Phi) is 4.89. The van der Waals surface area contributed by atoms with Crippen molar-refractivity contribution >= 4 is 17.7 Å². The number of rotatable bonds is 4. The van der Waals surface area contributed by atoms with Gasteiger partial charge in [-0.3, -0.25) is 4.79 Å². The zero-order chi connectivity index (χ0) is 14.4. The van der Waals surface area contributed by atoms with Crippen molar-refractivity contribution in [1.29, 1.82) is 5.26 Å². The number of nitriles is 1. The first-order chi connectivity index (χ1) is 8.97. The first-order valence-corrected chi connectivity index (χ1v) is 5.76. The molecule has 6 nitrogen and oxygen atoms in total. The second-order valence-electron chi connectivity index (χ2n) is 3.98. The van der Waals surface area contributed by atoms with E-state index in [4.69, 9.17) is 10.4 Å². The lowest BCUT2D eigenvalue weighted by Gasteiger charge is -2.20. The fourth-order valence-electron chi connectivity index (χ4n) is 1.51. The van der Waals surface area contributed by atoms with Gasteiger partial charge in [0, 0.05) is 12.2 Å². The molecule has 0 saturated heterocycles. The molecule has 19 heavy (non-hydrogen) atoms. The van der Waals surface area contributed by atoms with Gasteiger partial charge in [-0.05, 0) is 31.5 Å². The normalized spacial score (nSPS) is 9.53. The molecule has 0 bridgehead atoms. The SMILES string of the molecule is CCN(CC(=O)O)C(=O)Nc1cc(C#N)ccc1C. The molecular formula is C13H15N3O3. The summed E-state index contributed by atoms with van der Waals surface area (Å²) in [5.41, 5.74) is 1.74. The van der Waals surface area contributed by atoms with E-state index in [-0.39, 0.29) is 13.1 Å². The molecule has 2 amide bonds. The van der Waals surface area contributed by atoms with E-state index in [0.717, 1.165) is 5.56 Å². The van der Waals surface area contributed by atoms with Crippen LogP contribution in [0.2, 0.25) is 0 Å². The maximum absolute atomic E-state index is 11.9. The third-order valence-corrected chi connectivity index (χ3v) is 2.60. The van der Waals surface area contributed by atoms with Gasteiger partial charge >= 0.3 is 12.0 Å².